The summed E-state index contributed by atoms with van der Waals surface area (Å²) in [5.41, 5.74) is 0.913. The van der Waals surface area contributed by atoms with Crippen LogP contribution in [0.15, 0.2) is 23.8 Å². The van der Waals surface area contributed by atoms with Crippen molar-refractivity contribution < 1.29 is 33.3 Å². The highest BCUT2D eigenvalue weighted by molar-refractivity contribution is 5.91. The van der Waals surface area contributed by atoms with Crippen LogP contribution in [0.5, 0.6) is 0 Å². The van der Waals surface area contributed by atoms with Gasteiger partial charge in [-0.15, -0.1) is 0 Å². The van der Waals surface area contributed by atoms with Crippen LogP contribution in [-0.2, 0) is 33.3 Å². The average Bonchev–Trinajstić information content (AvgIpc) is 3.21. The summed E-state index contributed by atoms with van der Waals surface area (Å²) in [7, 11) is 1.69. The van der Waals surface area contributed by atoms with E-state index in [1.54, 1.807) is 13.2 Å². The summed E-state index contributed by atoms with van der Waals surface area (Å²) in [6.45, 7) is 8.68. The number of cyclic esters (lactones) is 1. The Morgan fingerprint density at radius 1 is 1.08 bits per heavy atom. The summed E-state index contributed by atoms with van der Waals surface area (Å²) >= 11 is 0. The molecule has 1 fully saturated rings. The summed E-state index contributed by atoms with van der Waals surface area (Å²) in [5, 5.41) is 0. The number of aldehydes is 1. The maximum atomic E-state index is 12.7. The molecule has 7 nitrogen and oxygen atoms in total. The van der Waals surface area contributed by atoms with E-state index in [4.69, 9.17) is 18.9 Å². The van der Waals surface area contributed by atoms with Crippen molar-refractivity contribution in [3.63, 3.8) is 0 Å². The second-order valence-electron chi connectivity index (χ2n) is 10.4. The van der Waals surface area contributed by atoms with E-state index >= 15 is 0 Å². The number of hydrogen-bond donors (Lipinski definition) is 0. The van der Waals surface area contributed by atoms with Crippen LogP contribution in [-0.4, -0.2) is 62.8 Å². The Morgan fingerprint density at radius 2 is 1.86 bits per heavy atom. The third kappa shape index (κ3) is 10.3. The summed E-state index contributed by atoms with van der Waals surface area (Å²) in [5.74, 6) is -0.286. The van der Waals surface area contributed by atoms with Crippen LogP contribution in [0.3, 0.4) is 0 Å². The van der Waals surface area contributed by atoms with Gasteiger partial charge in [-0.3, -0.25) is 9.59 Å². The summed E-state index contributed by atoms with van der Waals surface area (Å²) in [4.78, 5) is 36.5. The first-order chi connectivity index (χ1) is 17.3. The van der Waals surface area contributed by atoms with Gasteiger partial charge in [0.1, 0.15) is 18.5 Å². The van der Waals surface area contributed by atoms with Gasteiger partial charge in [-0.1, -0.05) is 38.0 Å². The molecule has 2 heterocycles. The van der Waals surface area contributed by atoms with E-state index in [0.29, 0.717) is 45.3 Å². The van der Waals surface area contributed by atoms with Crippen molar-refractivity contribution in [3.05, 3.63) is 23.8 Å². The first-order valence-corrected chi connectivity index (χ1v) is 13.6. The molecule has 0 N–H and O–H groups in total. The molecule has 0 aromatic heterocycles. The van der Waals surface area contributed by atoms with Gasteiger partial charge in [0.05, 0.1) is 25.4 Å². The quantitative estimate of drug-likeness (QED) is 0.338. The van der Waals surface area contributed by atoms with Crippen molar-refractivity contribution in [3.8, 4) is 0 Å². The minimum Gasteiger partial charge on any atom is -0.462 e. The van der Waals surface area contributed by atoms with E-state index in [-0.39, 0.29) is 53.9 Å². The third-order valence-corrected chi connectivity index (χ3v) is 7.28. The zero-order chi connectivity index (χ0) is 26.5. The topological polar surface area (TPSA) is 88.1 Å². The number of ketones is 1. The molecular formula is C29H46O7. The van der Waals surface area contributed by atoms with Crippen molar-refractivity contribution in [2.45, 2.75) is 103 Å². The average molecular weight is 507 g/mol. The Kier molecular flexibility index (Phi) is 13.6. The van der Waals surface area contributed by atoms with E-state index < -0.39 is 0 Å². The second-order valence-corrected chi connectivity index (χ2v) is 10.4. The fourth-order valence-corrected chi connectivity index (χ4v) is 5.16. The number of carbonyl (C=O) groups is 3. The van der Waals surface area contributed by atoms with Gasteiger partial charge in [-0.2, -0.15) is 0 Å². The maximum absolute atomic E-state index is 12.7. The molecule has 1 saturated heterocycles. The van der Waals surface area contributed by atoms with E-state index in [9.17, 15) is 14.4 Å². The SMILES string of the molecule is CC[C@H]1OC(=O)CCCC[C@@H](CC=O)C[C@@H](C)C(=O)/C=C/C(C)=C/C1COCC1OC(C)CC1OC. The normalized spacial score (nSPS) is 35.6. The summed E-state index contributed by atoms with van der Waals surface area (Å²) in [6, 6.07) is 0. The number of methoxy groups -OCH3 is 1. The second kappa shape index (κ2) is 16.1. The summed E-state index contributed by atoms with van der Waals surface area (Å²) < 4.78 is 23.4. The van der Waals surface area contributed by atoms with Crippen molar-refractivity contribution in [2.75, 3.05) is 20.3 Å². The highest BCUT2D eigenvalue weighted by Crippen LogP contribution is 2.25. The summed E-state index contributed by atoms with van der Waals surface area (Å²) in [6.07, 6.45) is 11.4. The minimum absolute atomic E-state index is 0.0103. The van der Waals surface area contributed by atoms with Gasteiger partial charge in [0, 0.05) is 38.2 Å². The smallest absolute Gasteiger partial charge is 0.306 e. The molecule has 7 atom stereocenters. The highest BCUT2D eigenvalue weighted by atomic mass is 16.6. The van der Waals surface area contributed by atoms with Gasteiger partial charge in [0.2, 0.25) is 0 Å². The van der Waals surface area contributed by atoms with Crippen LogP contribution in [0.1, 0.15) is 79.1 Å². The molecule has 0 radical (unpaired) electrons. The first-order valence-electron chi connectivity index (χ1n) is 13.6. The molecule has 0 aliphatic carbocycles. The molecule has 0 spiro atoms. The van der Waals surface area contributed by atoms with E-state index in [0.717, 1.165) is 31.1 Å². The van der Waals surface area contributed by atoms with Gasteiger partial charge in [0.25, 0.3) is 0 Å². The number of rotatable bonds is 8. The third-order valence-electron chi connectivity index (χ3n) is 7.28. The molecule has 2 rings (SSSR count). The van der Waals surface area contributed by atoms with Crippen LogP contribution in [0.2, 0.25) is 0 Å². The van der Waals surface area contributed by atoms with Crippen LogP contribution in [0.4, 0.5) is 0 Å². The van der Waals surface area contributed by atoms with Gasteiger partial charge in [0.15, 0.2) is 5.78 Å². The molecule has 0 amide bonds. The van der Waals surface area contributed by atoms with Crippen LogP contribution < -0.4 is 0 Å². The number of ether oxygens (including phenoxy) is 4. The fourth-order valence-electron chi connectivity index (χ4n) is 5.16. The van der Waals surface area contributed by atoms with Crippen LogP contribution in [0, 0.1) is 17.8 Å². The maximum Gasteiger partial charge on any atom is 0.306 e. The fraction of sp³-hybridized carbons (Fsp3) is 0.759. The molecule has 7 heteroatoms. The van der Waals surface area contributed by atoms with Gasteiger partial charge < -0.3 is 23.7 Å². The lowest BCUT2D eigenvalue weighted by Crippen LogP contribution is -2.32. The lowest BCUT2D eigenvalue weighted by molar-refractivity contribution is -0.152. The Morgan fingerprint density at radius 3 is 2.56 bits per heavy atom. The van der Waals surface area contributed by atoms with Crippen molar-refractivity contribution in [2.24, 2.45) is 17.8 Å². The molecule has 204 valence electrons. The first kappa shape index (κ1) is 30.4. The van der Waals surface area contributed by atoms with Gasteiger partial charge in [-0.05, 0) is 51.5 Å². The zero-order valence-corrected chi connectivity index (χ0v) is 22.8. The number of allylic oxidation sites excluding steroid dienone is 3. The molecule has 0 saturated carbocycles. The molecule has 36 heavy (non-hydrogen) atoms. The predicted molar refractivity (Wildman–Crippen MR) is 139 cm³/mol. The van der Waals surface area contributed by atoms with Gasteiger partial charge >= 0.3 is 5.97 Å². The molecule has 4 unspecified atom stereocenters. The monoisotopic (exact) mass is 506 g/mol. The Balaban J connectivity index is 2.15. The largest absolute Gasteiger partial charge is 0.462 e. The predicted octanol–water partition coefficient (Wildman–Crippen LogP) is 5.01. The van der Waals surface area contributed by atoms with Crippen molar-refractivity contribution >= 4 is 18.0 Å². The lowest BCUT2D eigenvalue weighted by Gasteiger charge is -2.26. The minimum atomic E-state index is -0.326. The lowest BCUT2D eigenvalue weighted by atomic mass is 9.87. The van der Waals surface area contributed by atoms with E-state index in [2.05, 4.69) is 0 Å². The van der Waals surface area contributed by atoms with Crippen LogP contribution in [0.25, 0.3) is 0 Å². The van der Waals surface area contributed by atoms with Crippen molar-refractivity contribution in [1.29, 1.82) is 0 Å². The Hall–Kier alpha value is -1.83. The van der Waals surface area contributed by atoms with Gasteiger partial charge in [-0.25, -0.2) is 0 Å². The van der Waals surface area contributed by atoms with Crippen molar-refractivity contribution in [1.82, 2.24) is 0 Å². The van der Waals surface area contributed by atoms with E-state index in [1.807, 2.05) is 39.8 Å². The number of hydrogen-bond acceptors (Lipinski definition) is 7. The molecule has 2 aliphatic rings. The molecular weight excluding hydrogens is 460 g/mol. The molecule has 0 aromatic carbocycles. The molecule has 2 aliphatic heterocycles. The number of carbonyl (C=O) groups excluding carboxylic acids is 3. The molecule has 0 aromatic rings. The standard InChI is InChI=1S/C29H46O7/c1-6-26-24(18-34-19-28-27(33-5)17-22(4)35-28)15-20(2)11-12-25(31)21(3)16-23(13-14-30)9-7-8-10-29(32)36-26/h11-12,14-15,21-24,26-28H,6-10,13,16-19H2,1-5H3/b12-11+,20-15+/t21-,22?,23+,24?,26-,27?,28?/m1/s1. The van der Waals surface area contributed by atoms with E-state index in [1.165, 1.54) is 0 Å². The highest BCUT2D eigenvalue weighted by Gasteiger charge is 2.33. The Labute approximate surface area is 217 Å². The molecule has 0 bridgehead atoms. The van der Waals surface area contributed by atoms with Crippen LogP contribution >= 0.6 is 0 Å². The number of esters is 1. The Bertz CT molecular complexity index is 759. The zero-order valence-electron chi connectivity index (χ0n) is 22.8.